The molecular formula is C19H21N3O2S. The Morgan fingerprint density at radius 2 is 2.04 bits per heavy atom. The summed E-state index contributed by atoms with van der Waals surface area (Å²) in [4.78, 5) is 0. The van der Waals surface area contributed by atoms with Crippen LogP contribution in [0, 0.1) is 0 Å². The molecule has 2 N–H and O–H groups in total. The summed E-state index contributed by atoms with van der Waals surface area (Å²) in [6, 6.07) is 17.4. The number of benzene rings is 2. The van der Waals surface area contributed by atoms with Crippen LogP contribution >= 0.6 is 12.2 Å². The molecule has 1 heterocycles. The summed E-state index contributed by atoms with van der Waals surface area (Å²) in [7, 11) is 0. The van der Waals surface area contributed by atoms with Crippen molar-refractivity contribution in [2.75, 3.05) is 13.2 Å². The van der Waals surface area contributed by atoms with Crippen LogP contribution < -0.4 is 15.5 Å². The second kappa shape index (κ2) is 9.15. The maximum Gasteiger partial charge on any atom is 0.187 e. The van der Waals surface area contributed by atoms with Gasteiger partial charge in [-0.15, -0.1) is 0 Å². The summed E-state index contributed by atoms with van der Waals surface area (Å²) in [5, 5.41) is 7.76. The van der Waals surface area contributed by atoms with Crippen LogP contribution in [-0.4, -0.2) is 30.6 Å². The normalized spacial score (nSPS) is 16.7. The van der Waals surface area contributed by atoms with Crippen LogP contribution in [-0.2, 0) is 4.74 Å². The monoisotopic (exact) mass is 355 g/mol. The van der Waals surface area contributed by atoms with Crippen LogP contribution in [0.2, 0.25) is 0 Å². The van der Waals surface area contributed by atoms with Crippen LogP contribution in [0.15, 0.2) is 59.7 Å². The number of hydrogen-bond acceptors (Lipinski definition) is 4. The van der Waals surface area contributed by atoms with Crippen molar-refractivity contribution in [3.8, 4) is 11.5 Å². The highest BCUT2D eigenvalue weighted by Crippen LogP contribution is 2.21. The Kier molecular flexibility index (Phi) is 6.36. The van der Waals surface area contributed by atoms with Crippen molar-refractivity contribution in [3.05, 3.63) is 60.2 Å². The van der Waals surface area contributed by atoms with E-state index in [9.17, 15) is 0 Å². The number of thiocarbonyl (C=S) groups is 1. The number of rotatable bonds is 6. The lowest BCUT2D eigenvalue weighted by Gasteiger charge is -2.11. The Labute approximate surface area is 153 Å². The Hall–Kier alpha value is -2.44. The molecule has 1 aliphatic rings. The van der Waals surface area contributed by atoms with Gasteiger partial charge in [0.05, 0.1) is 12.3 Å². The molecule has 25 heavy (non-hydrogen) atoms. The van der Waals surface area contributed by atoms with Crippen molar-refractivity contribution in [1.29, 1.82) is 0 Å². The van der Waals surface area contributed by atoms with Crippen molar-refractivity contribution in [3.63, 3.8) is 0 Å². The van der Waals surface area contributed by atoms with E-state index in [1.54, 1.807) is 6.21 Å². The molecule has 1 unspecified atom stereocenters. The lowest BCUT2D eigenvalue weighted by molar-refractivity contribution is 0.114. The lowest BCUT2D eigenvalue weighted by Crippen LogP contribution is -2.37. The second-order valence-electron chi connectivity index (χ2n) is 5.70. The van der Waals surface area contributed by atoms with Gasteiger partial charge in [-0.05, 0) is 54.9 Å². The highest BCUT2D eigenvalue weighted by molar-refractivity contribution is 7.80. The van der Waals surface area contributed by atoms with Crippen molar-refractivity contribution < 1.29 is 9.47 Å². The van der Waals surface area contributed by atoms with Crippen LogP contribution in [0.3, 0.4) is 0 Å². The van der Waals surface area contributed by atoms with Crippen LogP contribution in [0.1, 0.15) is 18.4 Å². The maximum absolute atomic E-state index is 5.81. The average Bonchev–Trinajstić information content (AvgIpc) is 3.15. The predicted molar refractivity (Wildman–Crippen MR) is 103 cm³/mol. The topological polar surface area (TPSA) is 54.9 Å². The molecule has 0 amide bonds. The zero-order valence-electron chi connectivity index (χ0n) is 13.9. The van der Waals surface area contributed by atoms with Crippen molar-refractivity contribution in [2.45, 2.75) is 18.9 Å². The lowest BCUT2D eigenvalue weighted by atomic mass is 10.2. The van der Waals surface area contributed by atoms with E-state index in [-0.39, 0.29) is 6.10 Å². The van der Waals surface area contributed by atoms with E-state index in [0.29, 0.717) is 11.7 Å². The molecule has 3 rings (SSSR count). The number of hydrogen-bond donors (Lipinski definition) is 2. The largest absolute Gasteiger partial charge is 0.457 e. The van der Waals surface area contributed by atoms with E-state index in [1.807, 2.05) is 54.6 Å². The molecule has 0 aliphatic carbocycles. The van der Waals surface area contributed by atoms with Crippen LogP contribution in [0.25, 0.3) is 0 Å². The molecular weight excluding hydrogens is 334 g/mol. The van der Waals surface area contributed by atoms with Gasteiger partial charge in [-0.2, -0.15) is 5.10 Å². The Morgan fingerprint density at radius 3 is 2.84 bits per heavy atom. The van der Waals surface area contributed by atoms with E-state index in [2.05, 4.69) is 15.8 Å². The van der Waals surface area contributed by atoms with Crippen molar-refractivity contribution >= 4 is 23.5 Å². The van der Waals surface area contributed by atoms with Gasteiger partial charge in [0.15, 0.2) is 5.11 Å². The van der Waals surface area contributed by atoms with Gasteiger partial charge in [0.1, 0.15) is 11.5 Å². The molecule has 6 heteroatoms. The van der Waals surface area contributed by atoms with Gasteiger partial charge in [-0.1, -0.05) is 30.3 Å². The van der Waals surface area contributed by atoms with Crippen LogP contribution in [0.5, 0.6) is 11.5 Å². The maximum atomic E-state index is 5.81. The minimum Gasteiger partial charge on any atom is -0.457 e. The minimum atomic E-state index is 0.246. The number of hydrazone groups is 1. The first-order valence-corrected chi connectivity index (χ1v) is 8.72. The SMILES string of the molecule is S=C(NCC1CCCO1)N/N=C/c1cccc(Oc2ccccc2)c1. The summed E-state index contributed by atoms with van der Waals surface area (Å²) in [6.07, 6.45) is 4.15. The predicted octanol–water partition coefficient (Wildman–Crippen LogP) is 3.46. The molecule has 1 fully saturated rings. The quantitative estimate of drug-likeness (QED) is 0.472. The zero-order chi connectivity index (χ0) is 17.3. The summed E-state index contributed by atoms with van der Waals surface area (Å²) < 4.78 is 11.3. The van der Waals surface area contributed by atoms with Gasteiger partial charge >= 0.3 is 0 Å². The second-order valence-corrected chi connectivity index (χ2v) is 6.11. The molecule has 1 atom stereocenters. The third-order valence-corrected chi connectivity index (χ3v) is 3.97. The van der Waals surface area contributed by atoms with E-state index >= 15 is 0 Å². The third-order valence-electron chi connectivity index (χ3n) is 3.73. The summed E-state index contributed by atoms with van der Waals surface area (Å²) in [6.45, 7) is 1.55. The first-order chi connectivity index (χ1) is 12.3. The molecule has 0 aromatic heterocycles. The summed E-state index contributed by atoms with van der Waals surface area (Å²) >= 11 is 5.20. The molecule has 0 radical (unpaired) electrons. The molecule has 1 saturated heterocycles. The van der Waals surface area contributed by atoms with Gasteiger partial charge in [0, 0.05) is 13.2 Å². The first kappa shape index (κ1) is 17.4. The highest BCUT2D eigenvalue weighted by atomic mass is 32.1. The zero-order valence-corrected chi connectivity index (χ0v) is 14.7. The first-order valence-electron chi connectivity index (χ1n) is 8.31. The number of nitrogens with one attached hydrogen (secondary N) is 2. The summed E-state index contributed by atoms with van der Waals surface area (Å²) in [5.74, 6) is 1.56. The fourth-order valence-electron chi connectivity index (χ4n) is 2.50. The Bertz CT molecular complexity index is 716. The molecule has 0 spiro atoms. The molecule has 0 bridgehead atoms. The fraction of sp³-hybridized carbons (Fsp3) is 0.263. The van der Waals surface area contributed by atoms with E-state index in [0.717, 1.165) is 36.5 Å². The van der Waals surface area contributed by atoms with Gasteiger partial charge < -0.3 is 14.8 Å². The standard InChI is InChI=1S/C19H21N3O2S/c25-19(20-14-18-10-5-11-23-18)22-21-13-15-6-4-9-17(12-15)24-16-7-2-1-3-8-16/h1-4,6-9,12-13,18H,5,10-11,14H2,(H2,20,22,25)/b21-13+. The molecule has 1 aliphatic heterocycles. The van der Waals surface area contributed by atoms with E-state index < -0.39 is 0 Å². The Balaban J connectivity index is 1.47. The van der Waals surface area contributed by atoms with Crippen molar-refractivity contribution in [2.24, 2.45) is 5.10 Å². The molecule has 5 nitrogen and oxygen atoms in total. The highest BCUT2D eigenvalue weighted by Gasteiger charge is 2.14. The molecule has 0 saturated carbocycles. The smallest absolute Gasteiger partial charge is 0.187 e. The number of para-hydroxylation sites is 1. The number of nitrogens with zero attached hydrogens (tertiary/aromatic N) is 1. The molecule has 2 aromatic rings. The van der Waals surface area contributed by atoms with Gasteiger partial charge in [-0.3, -0.25) is 5.43 Å². The average molecular weight is 355 g/mol. The third kappa shape index (κ3) is 5.85. The van der Waals surface area contributed by atoms with E-state index in [4.69, 9.17) is 21.7 Å². The van der Waals surface area contributed by atoms with Crippen LogP contribution in [0.4, 0.5) is 0 Å². The van der Waals surface area contributed by atoms with Gasteiger partial charge in [0.25, 0.3) is 0 Å². The number of ether oxygens (including phenoxy) is 2. The fourth-order valence-corrected chi connectivity index (χ4v) is 2.64. The van der Waals surface area contributed by atoms with Crippen molar-refractivity contribution in [1.82, 2.24) is 10.7 Å². The molecule has 2 aromatic carbocycles. The van der Waals surface area contributed by atoms with Gasteiger partial charge in [-0.25, -0.2) is 0 Å². The summed E-state index contributed by atoms with van der Waals surface area (Å²) in [5.41, 5.74) is 3.74. The van der Waals surface area contributed by atoms with E-state index in [1.165, 1.54) is 0 Å². The van der Waals surface area contributed by atoms with Gasteiger partial charge in [0.2, 0.25) is 0 Å². The molecule has 130 valence electrons. The minimum absolute atomic E-state index is 0.246. The Morgan fingerprint density at radius 1 is 1.20 bits per heavy atom.